The summed E-state index contributed by atoms with van der Waals surface area (Å²) in [6, 6.07) is 0. The van der Waals surface area contributed by atoms with Crippen LogP contribution < -0.4 is 15.3 Å². The van der Waals surface area contributed by atoms with E-state index in [-0.39, 0.29) is 25.9 Å². The summed E-state index contributed by atoms with van der Waals surface area (Å²) in [6.07, 6.45) is -0.319. The van der Waals surface area contributed by atoms with Gasteiger partial charge in [0.1, 0.15) is 12.6 Å². The van der Waals surface area contributed by atoms with Crippen molar-refractivity contribution < 1.29 is 58.8 Å². The first-order valence-electron chi connectivity index (χ1n) is 5.22. The molecule has 0 bridgehead atoms. The number of quaternary nitrogens is 1. The van der Waals surface area contributed by atoms with Gasteiger partial charge in [0.15, 0.2) is 0 Å². The van der Waals surface area contributed by atoms with Crippen molar-refractivity contribution in [2.24, 2.45) is 0 Å². The van der Waals surface area contributed by atoms with Gasteiger partial charge in [-0.05, 0) is 12.2 Å². The van der Waals surface area contributed by atoms with Gasteiger partial charge in [-0.25, -0.2) is 0 Å². The molecule has 8 nitrogen and oxygen atoms in total. The smallest absolute Gasteiger partial charge is 0.550 e. The quantitative estimate of drug-likeness (QED) is 0.291. The molecule has 0 aromatic heterocycles. The molecule has 0 fully saturated rings. The summed E-state index contributed by atoms with van der Waals surface area (Å²) in [6.45, 7) is 0.425. The molecule has 0 radical (unpaired) electrons. The second-order valence-electron chi connectivity index (χ2n) is 4.67. The molecule has 0 aliphatic heterocycles. The number of carbonyl (C=O) groups excluding carboxylic acids is 3. The van der Waals surface area contributed by atoms with Crippen LogP contribution >= 0.6 is 0 Å². The molecule has 20 heavy (non-hydrogen) atoms. The second kappa shape index (κ2) is 11.5. The summed E-state index contributed by atoms with van der Waals surface area (Å²) in [5, 5.41) is 38.0. The maximum absolute atomic E-state index is 10.0. The Morgan fingerprint density at radius 2 is 1.40 bits per heavy atom. The van der Waals surface area contributed by atoms with Crippen molar-refractivity contribution in [2.75, 3.05) is 27.7 Å². The zero-order valence-corrected chi connectivity index (χ0v) is 14.7. The van der Waals surface area contributed by atoms with Crippen LogP contribution in [0, 0.1) is 0 Å². The molecular weight excluding hydrogens is 324 g/mol. The van der Waals surface area contributed by atoms with Gasteiger partial charge in [-0.15, -0.1) is 0 Å². The molecule has 1 atom stereocenters. The molecule has 0 amide bonds. The number of carbonyl (C=O) groups is 3. The first-order valence-corrected chi connectivity index (χ1v) is 5.22. The second-order valence-corrected chi connectivity index (χ2v) is 4.67. The van der Waals surface area contributed by atoms with E-state index in [2.05, 4.69) is 0 Å². The van der Waals surface area contributed by atoms with Gasteiger partial charge in [0, 0.05) is 12.4 Å². The normalized spacial score (nSPS) is 11.8. The molecule has 0 heterocycles. The molecule has 0 aromatic carbocycles. The number of aliphatic carboxylic acids is 3. The predicted octanol–water partition coefficient (Wildman–Crippen LogP) is -4.77. The molecule has 0 spiro atoms. The van der Waals surface area contributed by atoms with Crippen LogP contribution in [0.5, 0.6) is 0 Å². The van der Waals surface area contributed by atoms with Gasteiger partial charge in [0.05, 0.1) is 33.1 Å². The van der Waals surface area contributed by atoms with E-state index in [1.165, 1.54) is 0 Å². The molecule has 1 unspecified atom stereocenters. The van der Waals surface area contributed by atoms with E-state index >= 15 is 0 Å². The third-order valence-corrected chi connectivity index (χ3v) is 1.52. The molecular formula is C11H17NO7Zn. The van der Waals surface area contributed by atoms with E-state index in [1.807, 2.05) is 21.1 Å². The molecule has 9 heteroatoms. The number of nitrogens with zero attached hydrogens (tertiary/aromatic N) is 1. The number of rotatable bonds is 6. The number of carboxylic acid groups (broad SMARTS) is 3. The van der Waals surface area contributed by atoms with E-state index in [9.17, 15) is 29.7 Å². The van der Waals surface area contributed by atoms with Crippen molar-refractivity contribution in [1.29, 1.82) is 0 Å². The van der Waals surface area contributed by atoms with E-state index in [0.29, 0.717) is 23.2 Å². The molecule has 0 saturated heterocycles. The molecule has 0 rings (SSSR count). The average Bonchev–Trinajstić information content (AvgIpc) is 2.10. The fraction of sp³-hybridized carbons (Fsp3) is 0.545. The number of carboxylic acids is 3. The summed E-state index contributed by atoms with van der Waals surface area (Å²) < 4.78 is 0.550. The number of hydrogen-bond donors (Lipinski definition) is 1. The fourth-order valence-corrected chi connectivity index (χ4v) is 1.03. The summed E-state index contributed by atoms with van der Waals surface area (Å²) in [7, 11) is 5.66. The number of aliphatic hydroxyl groups excluding tert-OH is 1. The van der Waals surface area contributed by atoms with Gasteiger partial charge >= 0.3 is 19.5 Å². The van der Waals surface area contributed by atoms with E-state index in [4.69, 9.17) is 5.11 Å². The van der Waals surface area contributed by atoms with Crippen LogP contribution in [0.3, 0.4) is 0 Å². The zero-order valence-electron chi connectivity index (χ0n) is 11.7. The first kappa shape index (κ1) is 23.8. The van der Waals surface area contributed by atoms with Crippen molar-refractivity contribution in [2.45, 2.75) is 12.5 Å². The van der Waals surface area contributed by atoms with E-state index < -0.39 is 24.0 Å². The Morgan fingerprint density at radius 3 is 1.60 bits per heavy atom. The van der Waals surface area contributed by atoms with Gasteiger partial charge in [0.2, 0.25) is 0 Å². The van der Waals surface area contributed by atoms with Crippen LogP contribution in [-0.4, -0.2) is 61.3 Å². The number of aliphatic hydroxyl groups is 1. The summed E-state index contributed by atoms with van der Waals surface area (Å²) in [5.41, 5.74) is 0. The first-order chi connectivity index (χ1) is 8.44. The van der Waals surface area contributed by atoms with Gasteiger partial charge in [-0.3, -0.25) is 0 Å². The molecule has 0 saturated carbocycles. The monoisotopic (exact) mass is 339 g/mol. The van der Waals surface area contributed by atoms with Crippen molar-refractivity contribution in [1.82, 2.24) is 0 Å². The maximum Gasteiger partial charge on any atom is 2.00 e. The van der Waals surface area contributed by atoms with Crippen molar-refractivity contribution in [3.8, 4) is 0 Å². The van der Waals surface area contributed by atoms with Crippen molar-refractivity contribution >= 4 is 17.9 Å². The molecule has 110 valence electrons. The van der Waals surface area contributed by atoms with Crippen molar-refractivity contribution in [3.63, 3.8) is 0 Å². The summed E-state index contributed by atoms with van der Waals surface area (Å²) >= 11 is 0. The topological polar surface area (TPSA) is 141 Å². The van der Waals surface area contributed by atoms with Crippen LogP contribution in [0.25, 0.3) is 0 Å². The Hall–Kier alpha value is -1.31. The number of likely N-dealkylation sites (N-methyl/N-ethyl adjacent to an activating group) is 1. The Morgan fingerprint density at radius 1 is 1.05 bits per heavy atom. The molecule has 0 aromatic rings. The minimum absolute atomic E-state index is 0. The molecule has 1 N–H and O–H groups in total. The summed E-state index contributed by atoms with van der Waals surface area (Å²) in [4.78, 5) is 28.8. The predicted molar refractivity (Wildman–Crippen MR) is 57.7 cm³/mol. The van der Waals surface area contributed by atoms with Crippen LogP contribution in [-0.2, 0) is 33.9 Å². The van der Waals surface area contributed by atoms with E-state index in [1.54, 1.807) is 0 Å². The Kier molecular flexibility index (Phi) is 13.7. The van der Waals surface area contributed by atoms with Gasteiger partial charge in [-0.2, -0.15) is 0 Å². The van der Waals surface area contributed by atoms with Gasteiger partial charge in [-0.1, -0.05) is 0 Å². The third kappa shape index (κ3) is 25.5. The van der Waals surface area contributed by atoms with Crippen LogP contribution in [0.4, 0.5) is 0 Å². The van der Waals surface area contributed by atoms with E-state index in [0.717, 1.165) is 0 Å². The van der Waals surface area contributed by atoms with Crippen LogP contribution in [0.15, 0.2) is 12.2 Å². The Labute approximate surface area is 129 Å². The minimum atomic E-state index is -1.55. The van der Waals surface area contributed by atoms with Gasteiger partial charge in [0.25, 0.3) is 0 Å². The largest absolute Gasteiger partial charge is 2.00 e. The molecule has 0 aliphatic rings. The average molecular weight is 341 g/mol. The van der Waals surface area contributed by atoms with Crippen LogP contribution in [0.2, 0.25) is 0 Å². The third-order valence-electron chi connectivity index (χ3n) is 1.52. The SMILES string of the molecule is C[N+](C)(C)CC(O)CC(=O)[O-].O=C([O-])/C=C/C(=O)[O-].[Zn+2]. The number of hydrogen-bond acceptors (Lipinski definition) is 7. The van der Waals surface area contributed by atoms with Crippen LogP contribution in [0.1, 0.15) is 6.42 Å². The van der Waals surface area contributed by atoms with Gasteiger partial charge < -0.3 is 39.3 Å². The standard InChI is InChI=1S/C7H15NO3.C4H4O4.Zn/c1-8(2,3)5-6(9)4-7(10)11;5-3(6)1-2-4(7)8;/h6,9H,4-5H2,1-3H3;1-2H,(H,5,6)(H,7,8);/q;;+2/p-2/b;2-1+;. The van der Waals surface area contributed by atoms with Crippen molar-refractivity contribution in [3.05, 3.63) is 12.2 Å². The summed E-state index contributed by atoms with van der Waals surface area (Å²) in [5.74, 6) is -4.30. The zero-order chi connectivity index (χ0) is 15.6. The molecule has 0 aliphatic carbocycles. The maximum atomic E-state index is 10.0. The fourth-order valence-electron chi connectivity index (χ4n) is 1.03. The Balaban J connectivity index is -0.000000288. The Bertz CT molecular complexity index is 333. The minimum Gasteiger partial charge on any atom is -0.550 e.